The summed E-state index contributed by atoms with van der Waals surface area (Å²) in [4.78, 5) is 22.2. The Kier molecular flexibility index (Phi) is 11.6. The minimum atomic E-state index is -0.486. The lowest BCUT2D eigenvalue weighted by Gasteiger charge is -2.08. The summed E-state index contributed by atoms with van der Waals surface area (Å²) in [5.74, 6) is -0.477. The zero-order valence-corrected chi connectivity index (χ0v) is 24.2. The Morgan fingerprint density at radius 1 is 0.862 bits per heavy atom. The minimum absolute atomic E-state index is 0.317. The predicted molar refractivity (Wildman–Crippen MR) is 136 cm³/mol. The molecule has 0 saturated heterocycles. The zero-order chi connectivity index (χ0) is 22.3. The Morgan fingerprint density at radius 3 is 1.90 bits per heavy atom. The van der Waals surface area contributed by atoms with Crippen LogP contribution in [0.3, 0.4) is 0 Å². The van der Waals surface area contributed by atoms with Crippen molar-refractivity contribution in [3.63, 3.8) is 0 Å². The van der Waals surface area contributed by atoms with Crippen LogP contribution in [0.25, 0.3) is 5.57 Å². The average Bonchev–Trinajstić information content (AvgIpc) is 2.71. The van der Waals surface area contributed by atoms with Gasteiger partial charge in [-0.25, -0.2) is 9.59 Å². The Balaban J connectivity index is 0.000000291. The van der Waals surface area contributed by atoms with Crippen molar-refractivity contribution in [1.82, 2.24) is 0 Å². The molecular formula is C19H12Br6O4. The minimum Gasteiger partial charge on any atom is -0.465 e. The van der Waals surface area contributed by atoms with E-state index in [-0.39, 0.29) is 0 Å². The Labute approximate surface area is 218 Å². The van der Waals surface area contributed by atoms with Crippen LogP contribution in [0.15, 0.2) is 70.3 Å². The maximum atomic E-state index is 11.3. The van der Waals surface area contributed by atoms with Gasteiger partial charge in [-0.3, -0.25) is 0 Å². The van der Waals surface area contributed by atoms with Crippen molar-refractivity contribution in [2.24, 2.45) is 0 Å². The van der Waals surface area contributed by atoms with Crippen molar-refractivity contribution in [3.8, 4) is 5.75 Å². The first kappa shape index (κ1) is 26.8. The second-order valence-corrected chi connectivity index (χ2v) is 9.87. The summed E-state index contributed by atoms with van der Waals surface area (Å²) in [5, 5.41) is 0. The largest absolute Gasteiger partial charge is 0.465 e. The van der Waals surface area contributed by atoms with Crippen LogP contribution in [0, 0.1) is 0 Å². The van der Waals surface area contributed by atoms with E-state index in [0.29, 0.717) is 21.4 Å². The van der Waals surface area contributed by atoms with Crippen LogP contribution in [-0.2, 0) is 14.3 Å². The van der Waals surface area contributed by atoms with Gasteiger partial charge in [-0.15, -0.1) is 0 Å². The fourth-order valence-corrected chi connectivity index (χ4v) is 4.61. The van der Waals surface area contributed by atoms with Gasteiger partial charge in [0.25, 0.3) is 0 Å². The molecule has 0 radical (unpaired) electrons. The molecule has 0 unspecified atom stereocenters. The van der Waals surface area contributed by atoms with Crippen molar-refractivity contribution >= 4 is 113 Å². The Morgan fingerprint density at radius 2 is 1.38 bits per heavy atom. The van der Waals surface area contributed by atoms with E-state index in [9.17, 15) is 9.59 Å². The van der Waals surface area contributed by atoms with E-state index < -0.39 is 11.9 Å². The van der Waals surface area contributed by atoms with Crippen LogP contribution in [0.5, 0.6) is 5.75 Å². The number of benzene rings is 2. The zero-order valence-electron chi connectivity index (χ0n) is 14.7. The molecule has 4 nitrogen and oxygen atoms in total. The third-order valence-corrected chi connectivity index (χ3v) is 9.88. The van der Waals surface area contributed by atoms with Gasteiger partial charge in [-0.1, -0.05) is 19.2 Å². The van der Waals surface area contributed by atoms with Gasteiger partial charge >= 0.3 is 11.9 Å². The number of methoxy groups -OCH3 is 1. The first-order valence-corrected chi connectivity index (χ1v) is 12.2. The number of rotatable bonds is 4. The van der Waals surface area contributed by atoms with Gasteiger partial charge in [0, 0.05) is 34.0 Å². The molecule has 0 saturated carbocycles. The molecule has 0 bridgehead atoms. The van der Waals surface area contributed by atoms with Crippen molar-refractivity contribution in [1.29, 1.82) is 0 Å². The number of halogens is 6. The van der Waals surface area contributed by atoms with E-state index in [0.717, 1.165) is 28.4 Å². The summed E-state index contributed by atoms with van der Waals surface area (Å²) in [7, 11) is 1.33. The normalized spacial score (nSPS) is 9.76. The molecule has 10 heteroatoms. The Hall–Kier alpha value is -0.260. The highest BCUT2D eigenvalue weighted by molar-refractivity contribution is 9.15. The first-order valence-electron chi connectivity index (χ1n) is 7.43. The van der Waals surface area contributed by atoms with Crippen LogP contribution in [0.1, 0.15) is 5.56 Å². The van der Waals surface area contributed by atoms with Crippen molar-refractivity contribution in [3.05, 3.63) is 75.9 Å². The SMILES string of the molecule is C=C(C(=O)OC)c1ccc(Br)c(Br)c1Br.C=CC(=O)Oc1ccc(Br)c(Br)c1Br. The van der Waals surface area contributed by atoms with Crippen LogP contribution < -0.4 is 4.74 Å². The molecule has 2 aromatic rings. The molecule has 0 aromatic heterocycles. The molecule has 0 aliphatic rings. The third kappa shape index (κ3) is 7.43. The molecule has 29 heavy (non-hydrogen) atoms. The summed E-state index contributed by atoms with van der Waals surface area (Å²) in [6, 6.07) is 7.08. The highest BCUT2D eigenvalue weighted by atomic mass is 79.9. The fraction of sp³-hybridized carbons (Fsp3) is 0.0526. The van der Waals surface area contributed by atoms with E-state index in [1.807, 2.05) is 6.07 Å². The van der Waals surface area contributed by atoms with Gasteiger partial charge in [0.1, 0.15) is 5.75 Å². The molecule has 0 aliphatic carbocycles. The summed E-state index contributed by atoms with van der Waals surface area (Å²) in [6.07, 6.45) is 1.11. The van der Waals surface area contributed by atoms with Gasteiger partial charge in [-0.05, 0) is 114 Å². The second kappa shape index (κ2) is 12.6. The van der Waals surface area contributed by atoms with E-state index in [1.54, 1.807) is 18.2 Å². The van der Waals surface area contributed by atoms with Crippen LogP contribution in [0.2, 0.25) is 0 Å². The molecule has 2 rings (SSSR count). The predicted octanol–water partition coefficient (Wildman–Crippen LogP) is 8.23. The molecule has 2 aromatic carbocycles. The molecule has 0 atom stereocenters. The number of carbonyl (C=O) groups is 2. The molecule has 0 heterocycles. The average molecular weight is 784 g/mol. The van der Waals surface area contributed by atoms with Gasteiger partial charge in [0.15, 0.2) is 0 Å². The summed E-state index contributed by atoms with van der Waals surface area (Å²) in [6.45, 7) is 7.00. The van der Waals surface area contributed by atoms with Gasteiger partial charge in [0.05, 0.1) is 17.2 Å². The van der Waals surface area contributed by atoms with Gasteiger partial charge < -0.3 is 9.47 Å². The molecule has 0 amide bonds. The smallest absolute Gasteiger partial charge is 0.337 e. The van der Waals surface area contributed by atoms with Crippen LogP contribution >= 0.6 is 95.6 Å². The van der Waals surface area contributed by atoms with Crippen molar-refractivity contribution in [2.75, 3.05) is 7.11 Å². The standard InChI is InChI=1S/C10H7Br3O2.C9H5Br3O2/c1-5(10(14)15-2)6-3-4-7(11)9(13)8(6)12;1-2-7(13)14-6-4-3-5(10)8(11)9(6)12/h3-4H,1H2,2H3;2-4H,1H2. The lowest BCUT2D eigenvalue weighted by molar-refractivity contribution is -0.133. The number of hydrogen-bond acceptors (Lipinski definition) is 4. The molecule has 0 fully saturated rings. The summed E-state index contributed by atoms with van der Waals surface area (Å²) in [5.41, 5.74) is 1.02. The van der Waals surface area contributed by atoms with Gasteiger partial charge in [-0.2, -0.15) is 0 Å². The summed E-state index contributed by atoms with van der Waals surface area (Å²) >= 11 is 20.1. The molecule has 0 spiro atoms. The van der Waals surface area contributed by atoms with E-state index in [4.69, 9.17) is 4.74 Å². The van der Waals surface area contributed by atoms with Crippen molar-refractivity contribution < 1.29 is 19.1 Å². The first-order chi connectivity index (χ1) is 13.5. The lowest BCUT2D eigenvalue weighted by Crippen LogP contribution is -2.03. The topological polar surface area (TPSA) is 52.6 Å². The number of esters is 2. The van der Waals surface area contributed by atoms with E-state index in [2.05, 4.69) is 113 Å². The van der Waals surface area contributed by atoms with Gasteiger partial charge in [0.2, 0.25) is 0 Å². The Bertz CT molecular complexity index is 972. The van der Waals surface area contributed by atoms with E-state index >= 15 is 0 Å². The third-order valence-electron chi connectivity index (χ3n) is 3.17. The van der Waals surface area contributed by atoms with Crippen LogP contribution in [-0.4, -0.2) is 19.0 Å². The lowest BCUT2D eigenvalue weighted by atomic mass is 10.1. The summed E-state index contributed by atoms with van der Waals surface area (Å²) < 4.78 is 14.4. The van der Waals surface area contributed by atoms with Crippen LogP contribution in [0.4, 0.5) is 0 Å². The fourth-order valence-electron chi connectivity index (χ4n) is 1.73. The maximum absolute atomic E-state index is 11.3. The molecule has 0 aliphatic heterocycles. The quantitative estimate of drug-likeness (QED) is 0.136. The monoisotopic (exact) mass is 778 g/mol. The van der Waals surface area contributed by atoms with E-state index in [1.165, 1.54) is 7.11 Å². The van der Waals surface area contributed by atoms with Crippen molar-refractivity contribution in [2.45, 2.75) is 0 Å². The highest BCUT2D eigenvalue weighted by Gasteiger charge is 2.15. The molecule has 154 valence electrons. The molecular weight excluding hydrogens is 772 g/mol. The number of carbonyl (C=O) groups excluding carboxylic acids is 2. The maximum Gasteiger partial charge on any atom is 0.337 e. The molecule has 0 N–H and O–H groups in total. The number of ether oxygens (including phenoxy) is 2. The second-order valence-electron chi connectivity index (χ2n) is 4.99. The highest BCUT2D eigenvalue weighted by Crippen LogP contribution is 2.38. The number of hydrogen-bond donors (Lipinski definition) is 0.